The van der Waals surface area contributed by atoms with Crippen LogP contribution in [0.3, 0.4) is 0 Å². The van der Waals surface area contributed by atoms with Crippen LogP contribution in [0.4, 0.5) is 0 Å². The third-order valence-electron chi connectivity index (χ3n) is 2.94. The van der Waals surface area contributed by atoms with E-state index in [4.69, 9.17) is 10.6 Å². The molecule has 0 aromatic carbocycles. The Morgan fingerprint density at radius 3 is 3.13 bits per heavy atom. The Labute approximate surface area is 90.7 Å². The number of nitrogens with zero attached hydrogens (tertiary/aromatic N) is 4. The van der Waals surface area contributed by atoms with Crippen LogP contribution in [0.5, 0.6) is 0 Å². The van der Waals surface area contributed by atoms with Gasteiger partial charge in [-0.2, -0.15) is 0 Å². The van der Waals surface area contributed by atoms with E-state index in [1.807, 2.05) is 0 Å². The minimum absolute atomic E-state index is 0.303. The molecular weight excluding hydrogens is 192 g/mol. The minimum atomic E-state index is 0.303. The van der Waals surface area contributed by atoms with E-state index in [0.29, 0.717) is 19.1 Å². The van der Waals surface area contributed by atoms with Crippen LogP contribution in [0.25, 0.3) is 10.4 Å². The van der Waals surface area contributed by atoms with Crippen molar-refractivity contribution in [1.29, 1.82) is 0 Å². The van der Waals surface area contributed by atoms with Crippen molar-refractivity contribution in [3.8, 4) is 0 Å². The van der Waals surface area contributed by atoms with E-state index in [-0.39, 0.29) is 0 Å². The van der Waals surface area contributed by atoms with Crippen molar-refractivity contribution in [3.63, 3.8) is 0 Å². The predicted molar refractivity (Wildman–Crippen MR) is 59.5 cm³/mol. The molecule has 1 saturated heterocycles. The van der Waals surface area contributed by atoms with Gasteiger partial charge in [-0.25, -0.2) is 0 Å². The molecule has 1 unspecified atom stereocenters. The van der Waals surface area contributed by atoms with Gasteiger partial charge in [0.2, 0.25) is 0 Å². The second-order valence-electron chi connectivity index (χ2n) is 4.13. The lowest BCUT2D eigenvalue weighted by Crippen LogP contribution is -2.36. The van der Waals surface area contributed by atoms with Crippen LogP contribution < -0.4 is 0 Å². The summed E-state index contributed by atoms with van der Waals surface area (Å²) in [6, 6.07) is 0. The Balaban J connectivity index is 2.15. The highest BCUT2D eigenvalue weighted by Gasteiger charge is 2.18. The van der Waals surface area contributed by atoms with Gasteiger partial charge in [-0.15, -0.1) is 0 Å². The van der Waals surface area contributed by atoms with Crippen molar-refractivity contribution in [2.45, 2.75) is 25.7 Å². The molecule has 0 amide bonds. The van der Waals surface area contributed by atoms with E-state index in [1.54, 1.807) is 0 Å². The number of hydrogen-bond acceptors (Lipinski definition) is 3. The number of aliphatic hydroxyl groups excluding tert-OH is 1. The van der Waals surface area contributed by atoms with Crippen LogP contribution in [0.2, 0.25) is 0 Å². The first-order valence-electron chi connectivity index (χ1n) is 5.71. The molecule has 0 aromatic rings. The number of likely N-dealkylation sites (tertiary alicyclic amines) is 1. The fourth-order valence-electron chi connectivity index (χ4n) is 2.18. The van der Waals surface area contributed by atoms with Gasteiger partial charge in [-0.05, 0) is 50.2 Å². The number of aliphatic hydroxyl groups is 1. The summed E-state index contributed by atoms with van der Waals surface area (Å²) in [5, 5.41) is 12.4. The summed E-state index contributed by atoms with van der Waals surface area (Å²) in [7, 11) is 0. The maximum Gasteiger partial charge on any atom is 0.0434 e. The maximum absolute atomic E-state index is 8.88. The molecule has 1 heterocycles. The molecule has 1 N–H and O–H groups in total. The van der Waals surface area contributed by atoms with Gasteiger partial charge < -0.3 is 10.0 Å². The van der Waals surface area contributed by atoms with E-state index in [2.05, 4.69) is 14.9 Å². The molecule has 1 aliphatic rings. The number of azide groups is 1. The summed E-state index contributed by atoms with van der Waals surface area (Å²) in [5.74, 6) is 0.656. The van der Waals surface area contributed by atoms with Gasteiger partial charge >= 0.3 is 0 Å². The first kappa shape index (κ1) is 12.3. The van der Waals surface area contributed by atoms with Crippen molar-refractivity contribution in [3.05, 3.63) is 10.4 Å². The quantitative estimate of drug-likeness (QED) is 0.315. The van der Waals surface area contributed by atoms with Crippen LogP contribution in [0.1, 0.15) is 25.7 Å². The third kappa shape index (κ3) is 5.02. The molecule has 1 fully saturated rings. The largest absolute Gasteiger partial charge is 0.396 e. The molecule has 1 aliphatic heterocycles. The average Bonchev–Trinajstić information content (AvgIpc) is 2.26. The van der Waals surface area contributed by atoms with Crippen LogP contribution in [-0.2, 0) is 0 Å². The lowest BCUT2D eigenvalue weighted by molar-refractivity contribution is 0.147. The van der Waals surface area contributed by atoms with Crippen molar-refractivity contribution in [2.24, 2.45) is 11.0 Å². The monoisotopic (exact) mass is 212 g/mol. The highest BCUT2D eigenvalue weighted by Crippen LogP contribution is 2.19. The molecule has 1 rings (SSSR count). The van der Waals surface area contributed by atoms with E-state index in [0.717, 1.165) is 32.5 Å². The Morgan fingerprint density at radius 1 is 1.53 bits per heavy atom. The predicted octanol–water partition coefficient (Wildman–Crippen LogP) is 1.78. The Hall–Kier alpha value is -0.770. The van der Waals surface area contributed by atoms with E-state index >= 15 is 0 Å². The number of hydrogen-bond donors (Lipinski definition) is 1. The fourth-order valence-corrected chi connectivity index (χ4v) is 2.18. The van der Waals surface area contributed by atoms with Gasteiger partial charge in [-0.3, -0.25) is 0 Å². The minimum Gasteiger partial charge on any atom is -0.396 e. The fraction of sp³-hybridized carbons (Fsp3) is 1.00. The molecule has 0 radical (unpaired) electrons. The number of rotatable bonds is 6. The van der Waals surface area contributed by atoms with Crippen molar-refractivity contribution in [1.82, 2.24) is 4.90 Å². The molecule has 0 saturated carbocycles. The van der Waals surface area contributed by atoms with Crippen molar-refractivity contribution >= 4 is 0 Å². The van der Waals surface area contributed by atoms with E-state index < -0.39 is 0 Å². The lowest BCUT2D eigenvalue weighted by atomic mass is 9.95. The Morgan fingerprint density at radius 2 is 2.40 bits per heavy atom. The first-order valence-corrected chi connectivity index (χ1v) is 5.71. The lowest BCUT2D eigenvalue weighted by Gasteiger charge is -2.32. The highest BCUT2D eigenvalue weighted by atomic mass is 16.3. The zero-order valence-electron chi connectivity index (χ0n) is 9.18. The van der Waals surface area contributed by atoms with Gasteiger partial charge in [0.05, 0.1) is 0 Å². The molecule has 15 heavy (non-hydrogen) atoms. The summed E-state index contributed by atoms with van der Waals surface area (Å²) >= 11 is 0. The van der Waals surface area contributed by atoms with Crippen LogP contribution in [-0.4, -0.2) is 42.8 Å². The molecule has 5 nitrogen and oxygen atoms in total. The topological polar surface area (TPSA) is 72.2 Å². The molecule has 0 aliphatic carbocycles. The van der Waals surface area contributed by atoms with Gasteiger partial charge in [0.1, 0.15) is 0 Å². The second-order valence-corrected chi connectivity index (χ2v) is 4.13. The maximum atomic E-state index is 8.88. The zero-order chi connectivity index (χ0) is 10.9. The summed E-state index contributed by atoms with van der Waals surface area (Å²) in [6.07, 6.45) is 4.34. The van der Waals surface area contributed by atoms with Crippen LogP contribution in [0.15, 0.2) is 5.11 Å². The highest BCUT2D eigenvalue weighted by molar-refractivity contribution is 4.72. The third-order valence-corrected chi connectivity index (χ3v) is 2.94. The van der Waals surface area contributed by atoms with Crippen LogP contribution >= 0.6 is 0 Å². The van der Waals surface area contributed by atoms with Gasteiger partial charge in [0.15, 0.2) is 0 Å². The zero-order valence-corrected chi connectivity index (χ0v) is 9.18. The van der Waals surface area contributed by atoms with Crippen LogP contribution in [0, 0.1) is 5.92 Å². The summed E-state index contributed by atoms with van der Waals surface area (Å²) < 4.78 is 0. The van der Waals surface area contributed by atoms with E-state index in [9.17, 15) is 0 Å². The van der Waals surface area contributed by atoms with Gasteiger partial charge in [0, 0.05) is 24.6 Å². The molecule has 0 spiro atoms. The van der Waals surface area contributed by atoms with Gasteiger partial charge in [-0.1, -0.05) is 5.11 Å². The molecule has 86 valence electrons. The SMILES string of the molecule is [N-]=[N+]=NCCCN1CCCC(CCO)C1. The second kappa shape index (κ2) is 7.51. The molecule has 0 aromatic heterocycles. The first-order chi connectivity index (χ1) is 7.36. The van der Waals surface area contributed by atoms with Crippen molar-refractivity contribution in [2.75, 3.05) is 32.8 Å². The standard InChI is InChI=1S/C10H20N4O/c11-13-12-5-2-7-14-6-1-3-10(9-14)4-8-15/h10,15H,1-9H2. The average molecular weight is 212 g/mol. The molecule has 0 bridgehead atoms. The molecule has 5 heteroatoms. The number of piperidine rings is 1. The molecular formula is C10H20N4O. The van der Waals surface area contributed by atoms with Crippen molar-refractivity contribution < 1.29 is 5.11 Å². The summed E-state index contributed by atoms with van der Waals surface area (Å²) in [4.78, 5) is 5.15. The summed E-state index contributed by atoms with van der Waals surface area (Å²) in [6.45, 7) is 4.16. The van der Waals surface area contributed by atoms with Gasteiger partial charge in [0.25, 0.3) is 0 Å². The summed E-state index contributed by atoms with van der Waals surface area (Å²) in [5.41, 5.74) is 8.13. The molecule has 1 atom stereocenters. The Kier molecular flexibility index (Phi) is 6.16. The van der Waals surface area contributed by atoms with E-state index in [1.165, 1.54) is 12.8 Å². The normalized spacial score (nSPS) is 22.3. The Bertz CT molecular complexity index is 213. The smallest absolute Gasteiger partial charge is 0.0434 e.